The van der Waals surface area contributed by atoms with Gasteiger partial charge in [0.15, 0.2) is 0 Å². The number of likely N-dealkylation sites (tertiary alicyclic amines) is 1. The second kappa shape index (κ2) is 2.96. The Labute approximate surface area is 73.3 Å². The van der Waals surface area contributed by atoms with Crippen LogP contribution in [0.2, 0.25) is 0 Å². The highest BCUT2D eigenvalue weighted by Crippen LogP contribution is 2.39. The minimum atomic E-state index is 0.335. The maximum atomic E-state index is 12.9. The van der Waals surface area contributed by atoms with Crippen molar-refractivity contribution in [3.8, 4) is 0 Å². The van der Waals surface area contributed by atoms with Crippen molar-refractivity contribution < 1.29 is 4.48 Å². The highest BCUT2D eigenvalue weighted by atomic mass is 19.2. The van der Waals surface area contributed by atoms with Crippen LogP contribution in [0.25, 0.3) is 0 Å². The lowest BCUT2D eigenvalue weighted by Gasteiger charge is -2.37. The van der Waals surface area contributed by atoms with Crippen molar-refractivity contribution in [2.75, 3.05) is 33.2 Å². The molecule has 0 radical (unpaired) electrons. The predicted molar refractivity (Wildman–Crippen MR) is 46.5 cm³/mol. The fraction of sp³-hybridized carbons (Fsp3) is 1.00. The van der Waals surface area contributed by atoms with Gasteiger partial charge in [-0.15, -0.1) is 9.60 Å². The molecule has 0 bridgehead atoms. The number of hydrogen-bond acceptors (Lipinski definition) is 2. The smallest absolute Gasteiger partial charge is 0.0348 e. The summed E-state index contributed by atoms with van der Waals surface area (Å²) in [6, 6.07) is 0. The zero-order valence-corrected chi connectivity index (χ0v) is 7.72. The molecular weight excluding hydrogens is 155 g/mol. The summed E-state index contributed by atoms with van der Waals surface area (Å²) in [6.07, 6.45) is 3.44. The van der Waals surface area contributed by atoms with Gasteiger partial charge in [0.2, 0.25) is 0 Å². The Morgan fingerprint density at radius 2 is 1.67 bits per heavy atom. The Morgan fingerprint density at radius 1 is 1.08 bits per heavy atom. The second-order valence-corrected chi connectivity index (χ2v) is 4.40. The molecule has 0 aromatic heterocycles. The first-order valence-electron chi connectivity index (χ1n) is 4.80. The first-order valence-corrected chi connectivity index (χ1v) is 4.80. The van der Waals surface area contributed by atoms with E-state index >= 15 is 0 Å². The number of nitrogens with zero attached hydrogens (tertiary/aromatic N) is 2. The van der Waals surface area contributed by atoms with E-state index < -0.39 is 0 Å². The fourth-order valence-electron chi connectivity index (χ4n) is 2.38. The maximum Gasteiger partial charge on any atom is 0.0348 e. The van der Waals surface area contributed by atoms with E-state index in [1.807, 2.05) is 0 Å². The van der Waals surface area contributed by atoms with Crippen molar-refractivity contribution in [3.63, 3.8) is 0 Å². The van der Waals surface area contributed by atoms with Crippen LogP contribution in [-0.4, -0.2) is 43.2 Å². The van der Waals surface area contributed by atoms with Gasteiger partial charge in [0.05, 0.1) is 0 Å². The van der Waals surface area contributed by atoms with E-state index in [0.29, 0.717) is 18.5 Å². The van der Waals surface area contributed by atoms with Crippen molar-refractivity contribution in [1.82, 2.24) is 10.0 Å². The van der Waals surface area contributed by atoms with Crippen molar-refractivity contribution in [1.29, 1.82) is 0 Å². The zero-order valence-electron chi connectivity index (χ0n) is 7.72. The molecule has 1 spiro atoms. The largest absolute Gasteiger partial charge is 0.306 e. The molecule has 2 aliphatic rings. The molecule has 0 aliphatic carbocycles. The Morgan fingerprint density at radius 3 is 2.17 bits per heavy atom. The molecule has 0 atom stereocenters. The molecule has 0 aromatic carbocycles. The van der Waals surface area contributed by atoms with Crippen LogP contribution in [0.15, 0.2) is 0 Å². The molecule has 2 nitrogen and oxygen atoms in total. The van der Waals surface area contributed by atoms with Gasteiger partial charge in [-0.2, -0.15) is 0 Å². The zero-order chi connectivity index (χ0) is 8.60. The van der Waals surface area contributed by atoms with Crippen LogP contribution in [0.1, 0.15) is 19.3 Å². The minimum Gasteiger partial charge on any atom is -0.306 e. The Kier molecular flexibility index (Phi) is 2.09. The molecule has 2 heterocycles. The standard InChI is InChI=1S/C9H17FN2/c1-11-5-2-9(3-6-11)4-7-12(10)8-9/h2-8H2,1H3. The number of hydrogen-bond donors (Lipinski definition) is 0. The lowest BCUT2D eigenvalue weighted by Crippen LogP contribution is -2.38. The van der Waals surface area contributed by atoms with E-state index in [4.69, 9.17) is 0 Å². The van der Waals surface area contributed by atoms with Crippen molar-refractivity contribution in [2.45, 2.75) is 19.3 Å². The summed E-state index contributed by atoms with van der Waals surface area (Å²) in [5.74, 6) is 0. The molecule has 3 heteroatoms. The number of halogens is 1. The van der Waals surface area contributed by atoms with Crippen LogP contribution in [0.3, 0.4) is 0 Å². The van der Waals surface area contributed by atoms with E-state index in [1.165, 1.54) is 12.8 Å². The molecule has 12 heavy (non-hydrogen) atoms. The number of rotatable bonds is 0. The summed E-state index contributed by atoms with van der Waals surface area (Å²) in [5, 5.41) is 0.991. The van der Waals surface area contributed by atoms with Crippen molar-refractivity contribution in [3.05, 3.63) is 0 Å². The first-order chi connectivity index (χ1) is 5.70. The van der Waals surface area contributed by atoms with Gasteiger partial charge < -0.3 is 4.90 Å². The van der Waals surface area contributed by atoms with Crippen LogP contribution in [0.4, 0.5) is 4.48 Å². The third-order valence-corrected chi connectivity index (χ3v) is 3.44. The van der Waals surface area contributed by atoms with E-state index in [0.717, 1.165) is 24.6 Å². The van der Waals surface area contributed by atoms with Crippen molar-refractivity contribution >= 4 is 0 Å². The van der Waals surface area contributed by atoms with Crippen LogP contribution >= 0.6 is 0 Å². The molecule has 0 saturated carbocycles. The molecule has 0 amide bonds. The molecule has 2 rings (SSSR count). The fourth-order valence-corrected chi connectivity index (χ4v) is 2.38. The Bertz CT molecular complexity index is 164. The third kappa shape index (κ3) is 1.48. The van der Waals surface area contributed by atoms with Gasteiger partial charge in [-0.1, -0.05) is 0 Å². The van der Waals surface area contributed by atoms with E-state index in [1.54, 1.807) is 0 Å². The van der Waals surface area contributed by atoms with Crippen LogP contribution in [0, 0.1) is 5.41 Å². The van der Waals surface area contributed by atoms with Gasteiger partial charge >= 0.3 is 0 Å². The highest BCUT2D eigenvalue weighted by Gasteiger charge is 2.40. The van der Waals surface area contributed by atoms with Gasteiger partial charge in [0.1, 0.15) is 0 Å². The molecule has 0 N–H and O–H groups in total. The third-order valence-electron chi connectivity index (χ3n) is 3.44. The highest BCUT2D eigenvalue weighted by molar-refractivity contribution is 4.91. The Balaban J connectivity index is 1.95. The van der Waals surface area contributed by atoms with Crippen molar-refractivity contribution in [2.24, 2.45) is 5.41 Å². The lowest BCUT2D eigenvalue weighted by molar-refractivity contribution is 0.0275. The number of piperidine rings is 1. The van der Waals surface area contributed by atoms with Gasteiger partial charge in [0.25, 0.3) is 0 Å². The average Bonchev–Trinajstić information content (AvgIpc) is 2.40. The maximum absolute atomic E-state index is 12.9. The summed E-state index contributed by atoms with van der Waals surface area (Å²) in [4.78, 5) is 2.34. The van der Waals surface area contributed by atoms with Gasteiger partial charge in [-0.05, 0) is 44.8 Å². The van der Waals surface area contributed by atoms with Crippen LogP contribution in [-0.2, 0) is 0 Å². The first kappa shape index (κ1) is 8.45. The van der Waals surface area contributed by atoms with E-state index in [2.05, 4.69) is 11.9 Å². The second-order valence-electron chi connectivity index (χ2n) is 4.40. The van der Waals surface area contributed by atoms with Gasteiger partial charge in [-0.25, -0.2) is 0 Å². The summed E-state index contributed by atoms with van der Waals surface area (Å²) >= 11 is 0. The summed E-state index contributed by atoms with van der Waals surface area (Å²) < 4.78 is 12.9. The molecule has 2 fully saturated rings. The molecule has 2 saturated heterocycles. The van der Waals surface area contributed by atoms with Crippen LogP contribution < -0.4 is 0 Å². The van der Waals surface area contributed by atoms with E-state index in [9.17, 15) is 4.48 Å². The molecule has 2 aliphatic heterocycles. The van der Waals surface area contributed by atoms with E-state index in [-0.39, 0.29) is 0 Å². The average molecular weight is 172 g/mol. The minimum absolute atomic E-state index is 0.335. The topological polar surface area (TPSA) is 6.48 Å². The Hall–Kier alpha value is -0.150. The predicted octanol–water partition coefficient (Wildman–Crippen LogP) is 1.29. The lowest BCUT2D eigenvalue weighted by atomic mass is 9.78. The quantitative estimate of drug-likeness (QED) is 0.508. The SMILES string of the molecule is CN1CCC2(CC1)CCN(F)C2. The monoisotopic (exact) mass is 172 g/mol. The van der Waals surface area contributed by atoms with Crippen LogP contribution in [0.5, 0.6) is 0 Å². The van der Waals surface area contributed by atoms with Gasteiger partial charge in [-0.3, -0.25) is 0 Å². The normalized spacial score (nSPS) is 31.5. The molecule has 0 aromatic rings. The molecule has 70 valence electrons. The summed E-state index contributed by atoms with van der Waals surface area (Å²) in [7, 11) is 2.15. The summed E-state index contributed by atoms with van der Waals surface area (Å²) in [5.41, 5.74) is 0.335. The molecular formula is C9H17FN2. The summed E-state index contributed by atoms with van der Waals surface area (Å²) in [6.45, 7) is 3.63. The molecule has 0 unspecified atom stereocenters. The van der Waals surface area contributed by atoms with Gasteiger partial charge in [0, 0.05) is 13.1 Å².